The molecule has 1 aromatic rings. The number of ketones is 1. The SMILES string of the molecule is COc1ccc(CCC2(C3CCCC3)CC(=O)C(Cl)C(=O)O2)cc1. The van der Waals surface area contributed by atoms with E-state index in [4.69, 9.17) is 21.1 Å². The standard InChI is InChI=1S/C19H23ClO4/c1-23-15-8-6-13(7-9-15)10-11-19(14-4-2-3-5-14)12-16(21)17(20)18(22)24-19/h6-9,14,17H,2-5,10-12H2,1H3. The molecular formula is C19H23ClO4. The highest BCUT2D eigenvalue weighted by Gasteiger charge is 2.50. The number of aryl methyl sites for hydroxylation is 1. The first-order valence-electron chi connectivity index (χ1n) is 8.57. The van der Waals surface area contributed by atoms with Gasteiger partial charge in [0.05, 0.1) is 7.11 Å². The molecule has 2 unspecified atom stereocenters. The Morgan fingerprint density at radius 1 is 1.21 bits per heavy atom. The van der Waals surface area contributed by atoms with Gasteiger partial charge in [0, 0.05) is 6.42 Å². The van der Waals surface area contributed by atoms with Gasteiger partial charge in [0.2, 0.25) is 0 Å². The highest BCUT2D eigenvalue weighted by Crippen LogP contribution is 2.44. The Morgan fingerprint density at radius 2 is 1.88 bits per heavy atom. The highest BCUT2D eigenvalue weighted by molar-refractivity contribution is 6.41. The van der Waals surface area contributed by atoms with E-state index < -0.39 is 16.9 Å². The Labute approximate surface area is 147 Å². The lowest BCUT2D eigenvalue weighted by atomic mass is 9.76. The summed E-state index contributed by atoms with van der Waals surface area (Å²) in [5.41, 5.74) is 0.459. The van der Waals surface area contributed by atoms with E-state index in [0.717, 1.165) is 43.4 Å². The van der Waals surface area contributed by atoms with Crippen molar-refractivity contribution in [3.05, 3.63) is 29.8 Å². The summed E-state index contributed by atoms with van der Waals surface area (Å²) in [6.07, 6.45) is 5.94. The summed E-state index contributed by atoms with van der Waals surface area (Å²) in [4.78, 5) is 24.3. The summed E-state index contributed by atoms with van der Waals surface area (Å²) in [5, 5.41) is -1.14. The summed E-state index contributed by atoms with van der Waals surface area (Å²) in [6.45, 7) is 0. The predicted octanol–water partition coefficient (Wildman–Crippen LogP) is 3.68. The van der Waals surface area contributed by atoms with Crippen molar-refractivity contribution < 1.29 is 19.1 Å². The second-order valence-electron chi connectivity index (χ2n) is 6.82. The molecule has 1 saturated heterocycles. The van der Waals surface area contributed by atoms with Crippen molar-refractivity contribution in [1.29, 1.82) is 0 Å². The average Bonchev–Trinajstić information content (AvgIpc) is 3.13. The van der Waals surface area contributed by atoms with Crippen LogP contribution in [0.3, 0.4) is 0 Å². The molecule has 3 rings (SSSR count). The van der Waals surface area contributed by atoms with Crippen LogP contribution in [0.15, 0.2) is 24.3 Å². The molecule has 1 heterocycles. The zero-order valence-corrected chi connectivity index (χ0v) is 14.7. The molecule has 2 fully saturated rings. The molecule has 4 nitrogen and oxygen atoms in total. The first-order valence-corrected chi connectivity index (χ1v) is 9.00. The van der Waals surface area contributed by atoms with Crippen molar-refractivity contribution in [1.82, 2.24) is 0 Å². The number of methoxy groups -OCH3 is 1. The van der Waals surface area contributed by atoms with Crippen molar-refractivity contribution in [2.75, 3.05) is 7.11 Å². The third-order valence-corrected chi connectivity index (χ3v) is 5.78. The number of esters is 1. The minimum Gasteiger partial charge on any atom is -0.497 e. The maximum Gasteiger partial charge on any atom is 0.332 e. The van der Waals surface area contributed by atoms with Crippen LogP contribution in [-0.2, 0) is 20.7 Å². The van der Waals surface area contributed by atoms with E-state index in [1.165, 1.54) is 0 Å². The number of halogens is 1. The molecular weight excluding hydrogens is 328 g/mol. The van der Waals surface area contributed by atoms with Gasteiger partial charge in [-0.25, -0.2) is 4.79 Å². The lowest BCUT2D eigenvalue weighted by molar-refractivity contribution is -0.177. The van der Waals surface area contributed by atoms with Crippen molar-refractivity contribution in [3.63, 3.8) is 0 Å². The van der Waals surface area contributed by atoms with E-state index >= 15 is 0 Å². The Morgan fingerprint density at radius 3 is 2.46 bits per heavy atom. The van der Waals surface area contributed by atoms with Crippen LogP contribution in [0.5, 0.6) is 5.75 Å². The van der Waals surface area contributed by atoms with Crippen molar-refractivity contribution in [3.8, 4) is 5.75 Å². The summed E-state index contributed by atoms with van der Waals surface area (Å²) >= 11 is 5.86. The molecule has 1 aliphatic carbocycles. The number of carbonyl (C=O) groups is 2. The van der Waals surface area contributed by atoms with Crippen molar-refractivity contribution in [2.45, 2.75) is 55.9 Å². The van der Waals surface area contributed by atoms with Gasteiger partial charge in [-0.15, -0.1) is 11.6 Å². The quantitative estimate of drug-likeness (QED) is 0.462. The largest absolute Gasteiger partial charge is 0.497 e. The molecule has 130 valence electrons. The Balaban J connectivity index is 1.77. The van der Waals surface area contributed by atoms with E-state index in [1.54, 1.807) is 7.11 Å². The van der Waals surface area contributed by atoms with Crippen LogP contribution in [0.1, 0.15) is 44.1 Å². The normalized spacial score (nSPS) is 28.0. The first-order chi connectivity index (χ1) is 11.5. The number of Topliss-reactive ketones (excluding diaryl/α,β-unsaturated/α-hetero) is 1. The Bertz CT molecular complexity index is 586. The first kappa shape index (κ1) is 17.3. The number of rotatable bonds is 5. The number of alkyl halides is 1. The summed E-state index contributed by atoms with van der Waals surface area (Å²) in [5.74, 6) is 0.297. The van der Waals surface area contributed by atoms with Gasteiger partial charge in [-0.3, -0.25) is 4.79 Å². The van der Waals surface area contributed by atoms with Gasteiger partial charge in [0.25, 0.3) is 0 Å². The van der Waals surface area contributed by atoms with Crippen molar-refractivity contribution >= 4 is 23.4 Å². The number of hydrogen-bond donors (Lipinski definition) is 0. The van der Waals surface area contributed by atoms with Gasteiger partial charge in [0.1, 0.15) is 11.4 Å². The minimum atomic E-state index is -1.14. The van der Waals surface area contributed by atoms with E-state index in [0.29, 0.717) is 6.42 Å². The average molecular weight is 351 g/mol. The van der Waals surface area contributed by atoms with Crippen LogP contribution in [0.2, 0.25) is 0 Å². The number of cyclic esters (lactones) is 1. The number of benzene rings is 1. The fraction of sp³-hybridized carbons (Fsp3) is 0.579. The van der Waals surface area contributed by atoms with Crippen LogP contribution < -0.4 is 4.74 Å². The molecule has 1 aromatic carbocycles. The number of ether oxygens (including phenoxy) is 2. The monoisotopic (exact) mass is 350 g/mol. The Hall–Kier alpha value is -1.55. The molecule has 5 heteroatoms. The van der Waals surface area contributed by atoms with Gasteiger partial charge < -0.3 is 9.47 Å². The summed E-state index contributed by atoms with van der Waals surface area (Å²) in [6, 6.07) is 7.87. The van der Waals surface area contributed by atoms with Crippen LogP contribution in [0.4, 0.5) is 0 Å². The van der Waals surface area contributed by atoms with Crippen LogP contribution in [0.25, 0.3) is 0 Å². The zero-order valence-electron chi connectivity index (χ0n) is 13.9. The molecule has 0 spiro atoms. The molecule has 2 atom stereocenters. The lowest BCUT2D eigenvalue weighted by Crippen LogP contribution is -2.52. The molecule has 0 amide bonds. The maximum absolute atomic E-state index is 12.2. The smallest absolute Gasteiger partial charge is 0.332 e. The molecule has 1 aliphatic heterocycles. The second-order valence-corrected chi connectivity index (χ2v) is 7.26. The van der Waals surface area contributed by atoms with Crippen LogP contribution in [-0.4, -0.2) is 29.8 Å². The van der Waals surface area contributed by atoms with Crippen molar-refractivity contribution in [2.24, 2.45) is 5.92 Å². The molecule has 24 heavy (non-hydrogen) atoms. The number of hydrogen-bond acceptors (Lipinski definition) is 4. The molecule has 0 N–H and O–H groups in total. The predicted molar refractivity (Wildman–Crippen MR) is 91.4 cm³/mol. The fourth-order valence-corrected chi connectivity index (χ4v) is 4.10. The molecule has 2 aliphatic rings. The number of carbonyl (C=O) groups excluding carboxylic acids is 2. The molecule has 0 radical (unpaired) electrons. The molecule has 0 aromatic heterocycles. The molecule has 0 bridgehead atoms. The summed E-state index contributed by atoms with van der Waals surface area (Å²) in [7, 11) is 1.64. The topological polar surface area (TPSA) is 52.6 Å². The van der Waals surface area contributed by atoms with Gasteiger partial charge in [-0.1, -0.05) is 25.0 Å². The maximum atomic E-state index is 12.2. The van der Waals surface area contributed by atoms with E-state index in [9.17, 15) is 9.59 Å². The third-order valence-electron chi connectivity index (χ3n) is 5.36. The fourth-order valence-electron chi connectivity index (χ4n) is 3.98. The highest BCUT2D eigenvalue weighted by atomic mass is 35.5. The molecule has 1 saturated carbocycles. The van der Waals surface area contributed by atoms with E-state index in [1.807, 2.05) is 24.3 Å². The van der Waals surface area contributed by atoms with Crippen LogP contribution in [0, 0.1) is 5.92 Å². The van der Waals surface area contributed by atoms with Gasteiger partial charge in [0.15, 0.2) is 11.2 Å². The van der Waals surface area contributed by atoms with Crippen LogP contribution >= 0.6 is 11.6 Å². The van der Waals surface area contributed by atoms with Gasteiger partial charge in [-0.2, -0.15) is 0 Å². The zero-order chi connectivity index (χ0) is 17.2. The van der Waals surface area contributed by atoms with E-state index in [2.05, 4.69) is 0 Å². The minimum absolute atomic E-state index is 0.199. The van der Waals surface area contributed by atoms with E-state index in [-0.39, 0.29) is 18.1 Å². The summed E-state index contributed by atoms with van der Waals surface area (Å²) < 4.78 is 11.0. The lowest BCUT2D eigenvalue weighted by Gasteiger charge is -2.42. The third kappa shape index (κ3) is 3.44. The van der Waals surface area contributed by atoms with Gasteiger partial charge in [-0.05, 0) is 49.3 Å². The second kappa shape index (κ2) is 7.14. The Kier molecular flexibility index (Phi) is 5.14. The van der Waals surface area contributed by atoms with Gasteiger partial charge >= 0.3 is 5.97 Å².